The van der Waals surface area contributed by atoms with Crippen molar-refractivity contribution in [3.63, 3.8) is 0 Å². The zero-order valence-corrected chi connectivity index (χ0v) is 11.6. The minimum absolute atomic E-state index is 0.324. The first-order chi connectivity index (χ1) is 8.15. The average Bonchev–Trinajstić information content (AvgIpc) is 2.34. The van der Waals surface area contributed by atoms with Gasteiger partial charge in [-0.2, -0.15) is 0 Å². The Morgan fingerprint density at radius 3 is 2.71 bits per heavy atom. The maximum atomic E-state index is 5.98. The number of ether oxygens (including phenoxy) is 1. The molecule has 0 aliphatic heterocycles. The minimum atomic E-state index is 0.324. The summed E-state index contributed by atoms with van der Waals surface area (Å²) in [6, 6.07) is 8.54. The quantitative estimate of drug-likeness (QED) is 0.807. The molecule has 0 fully saturated rings. The van der Waals surface area contributed by atoms with Gasteiger partial charge in [-0.05, 0) is 50.9 Å². The molecule has 1 aromatic carbocycles. The Kier molecular flexibility index (Phi) is 6.56. The molecule has 1 N–H and O–H groups in total. The molecule has 0 heterocycles. The molecule has 0 saturated heterocycles. The van der Waals surface area contributed by atoms with Gasteiger partial charge in [0.25, 0.3) is 0 Å². The highest BCUT2D eigenvalue weighted by atomic mass is 35.5. The van der Waals surface area contributed by atoms with Crippen molar-refractivity contribution in [2.75, 3.05) is 14.2 Å². The van der Waals surface area contributed by atoms with Gasteiger partial charge >= 0.3 is 0 Å². The highest BCUT2D eigenvalue weighted by molar-refractivity contribution is 6.30. The van der Waals surface area contributed by atoms with Crippen molar-refractivity contribution in [1.82, 2.24) is 5.32 Å². The summed E-state index contributed by atoms with van der Waals surface area (Å²) in [5.41, 5.74) is 1.28. The first kappa shape index (κ1) is 14.5. The molecule has 0 spiro atoms. The molecule has 1 rings (SSSR count). The van der Waals surface area contributed by atoms with Gasteiger partial charge in [0.15, 0.2) is 0 Å². The third-order valence-electron chi connectivity index (χ3n) is 3.10. The fourth-order valence-corrected chi connectivity index (χ4v) is 2.06. The minimum Gasteiger partial charge on any atom is -0.382 e. The summed E-state index contributed by atoms with van der Waals surface area (Å²) >= 11 is 5.98. The molecule has 17 heavy (non-hydrogen) atoms. The van der Waals surface area contributed by atoms with Crippen LogP contribution < -0.4 is 5.32 Å². The second-order valence-electron chi connectivity index (χ2n) is 4.44. The molecular weight excluding hydrogens is 234 g/mol. The van der Waals surface area contributed by atoms with Gasteiger partial charge in [0.05, 0.1) is 6.10 Å². The summed E-state index contributed by atoms with van der Waals surface area (Å²) in [7, 11) is 3.77. The van der Waals surface area contributed by atoms with Crippen LogP contribution in [0, 0.1) is 0 Å². The fourth-order valence-electron chi connectivity index (χ4n) is 1.85. The van der Waals surface area contributed by atoms with E-state index in [-0.39, 0.29) is 0 Å². The summed E-state index contributed by atoms with van der Waals surface area (Å²) in [6.45, 7) is 2.10. The number of hydrogen-bond donors (Lipinski definition) is 1. The van der Waals surface area contributed by atoms with E-state index in [4.69, 9.17) is 16.3 Å². The van der Waals surface area contributed by atoms with E-state index in [1.807, 2.05) is 25.2 Å². The molecule has 0 radical (unpaired) electrons. The van der Waals surface area contributed by atoms with Gasteiger partial charge in [-0.1, -0.05) is 23.7 Å². The van der Waals surface area contributed by atoms with Crippen molar-refractivity contribution < 1.29 is 4.74 Å². The molecule has 0 aliphatic carbocycles. The van der Waals surface area contributed by atoms with E-state index in [0.29, 0.717) is 12.1 Å². The molecular formula is C14H22ClNO. The lowest BCUT2D eigenvalue weighted by molar-refractivity contribution is 0.106. The highest BCUT2D eigenvalue weighted by Gasteiger charge is 2.09. The van der Waals surface area contributed by atoms with E-state index in [0.717, 1.165) is 24.3 Å². The Hall–Kier alpha value is -0.570. The molecule has 2 atom stereocenters. The van der Waals surface area contributed by atoms with Gasteiger partial charge in [0.2, 0.25) is 0 Å². The van der Waals surface area contributed by atoms with Crippen LogP contribution in [0.15, 0.2) is 24.3 Å². The van der Waals surface area contributed by atoms with Crippen LogP contribution in [0.25, 0.3) is 0 Å². The van der Waals surface area contributed by atoms with Gasteiger partial charge in [-0.25, -0.2) is 0 Å². The molecule has 0 amide bonds. The van der Waals surface area contributed by atoms with Gasteiger partial charge in [-0.3, -0.25) is 0 Å². The Morgan fingerprint density at radius 1 is 1.35 bits per heavy atom. The third kappa shape index (κ3) is 5.53. The van der Waals surface area contributed by atoms with Crippen LogP contribution in [0.5, 0.6) is 0 Å². The zero-order chi connectivity index (χ0) is 12.7. The molecule has 2 nitrogen and oxygen atoms in total. The fraction of sp³-hybridized carbons (Fsp3) is 0.571. The van der Waals surface area contributed by atoms with Crippen molar-refractivity contribution in [3.8, 4) is 0 Å². The number of nitrogens with one attached hydrogen (secondary N) is 1. The lowest BCUT2D eigenvalue weighted by Gasteiger charge is -2.18. The lowest BCUT2D eigenvalue weighted by Crippen LogP contribution is -2.28. The van der Waals surface area contributed by atoms with Crippen LogP contribution in [0.3, 0.4) is 0 Å². The molecule has 0 bridgehead atoms. The van der Waals surface area contributed by atoms with E-state index in [9.17, 15) is 0 Å². The third-order valence-corrected chi connectivity index (χ3v) is 3.34. The Bertz CT molecular complexity index is 330. The molecule has 96 valence electrons. The molecule has 0 aromatic heterocycles. The maximum Gasteiger partial charge on any atom is 0.0543 e. The van der Waals surface area contributed by atoms with E-state index < -0.39 is 0 Å². The van der Waals surface area contributed by atoms with Gasteiger partial charge in [0, 0.05) is 18.2 Å². The second kappa shape index (κ2) is 7.70. The molecule has 2 unspecified atom stereocenters. The van der Waals surface area contributed by atoms with E-state index in [1.165, 1.54) is 5.56 Å². The molecule has 0 saturated carbocycles. The van der Waals surface area contributed by atoms with Crippen LogP contribution >= 0.6 is 11.6 Å². The number of hydrogen-bond acceptors (Lipinski definition) is 2. The van der Waals surface area contributed by atoms with Crippen LogP contribution in [-0.4, -0.2) is 26.3 Å². The van der Waals surface area contributed by atoms with Crippen LogP contribution in [0.1, 0.15) is 25.3 Å². The van der Waals surface area contributed by atoms with Crippen LogP contribution in [0.2, 0.25) is 5.02 Å². The average molecular weight is 256 g/mol. The summed E-state index contributed by atoms with van der Waals surface area (Å²) in [5, 5.41) is 4.16. The normalized spacial score (nSPS) is 14.6. The smallest absolute Gasteiger partial charge is 0.0543 e. The molecule has 1 aromatic rings. The van der Waals surface area contributed by atoms with Crippen molar-refractivity contribution in [2.24, 2.45) is 0 Å². The number of rotatable bonds is 7. The monoisotopic (exact) mass is 255 g/mol. The number of benzene rings is 1. The maximum absolute atomic E-state index is 5.98. The number of halogens is 1. The Morgan fingerprint density at radius 2 is 2.12 bits per heavy atom. The first-order valence-electron chi connectivity index (χ1n) is 6.10. The Labute approximate surface area is 109 Å². The molecule has 0 aliphatic rings. The topological polar surface area (TPSA) is 21.3 Å². The Balaban J connectivity index is 2.46. The van der Waals surface area contributed by atoms with Crippen LogP contribution in [-0.2, 0) is 11.2 Å². The van der Waals surface area contributed by atoms with E-state index >= 15 is 0 Å². The van der Waals surface area contributed by atoms with Gasteiger partial charge in [0.1, 0.15) is 0 Å². The summed E-state index contributed by atoms with van der Waals surface area (Å²) in [4.78, 5) is 0. The summed E-state index contributed by atoms with van der Waals surface area (Å²) < 4.78 is 5.27. The summed E-state index contributed by atoms with van der Waals surface area (Å²) in [6.07, 6.45) is 3.51. The zero-order valence-electron chi connectivity index (χ0n) is 10.9. The molecule has 3 heteroatoms. The SMILES string of the molecule is CNC(CCC(C)OC)Cc1cccc(Cl)c1. The predicted octanol–water partition coefficient (Wildman–Crippen LogP) is 3.29. The van der Waals surface area contributed by atoms with E-state index in [1.54, 1.807) is 7.11 Å². The van der Waals surface area contributed by atoms with E-state index in [2.05, 4.69) is 18.3 Å². The van der Waals surface area contributed by atoms with Crippen molar-refractivity contribution in [1.29, 1.82) is 0 Å². The largest absolute Gasteiger partial charge is 0.382 e. The summed E-state index contributed by atoms with van der Waals surface area (Å²) in [5.74, 6) is 0. The van der Waals surface area contributed by atoms with Crippen LogP contribution in [0.4, 0.5) is 0 Å². The number of methoxy groups -OCH3 is 1. The van der Waals surface area contributed by atoms with Gasteiger partial charge in [-0.15, -0.1) is 0 Å². The van der Waals surface area contributed by atoms with Crippen molar-refractivity contribution >= 4 is 11.6 Å². The standard InChI is InChI=1S/C14H22ClNO/c1-11(17-3)7-8-14(16-2)10-12-5-4-6-13(15)9-12/h4-6,9,11,14,16H,7-8,10H2,1-3H3. The highest BCUT2D eigenvalue weighted by Crippen LogP contribution is 2.14. The lowest BCUT2D eigenvalue weighted by atomic mass is 10.0. The first-order valence-corrected chi connectivity index (χ1v) is 6.48. The van der Waals surface area contributed by atoms with Crippen molar-refractivity contribution in [3.05, 3.63) is 34.9 Å². The van der Waals surface area contributed by atoms with Crippen molar-refractivity contribution in [2.45, 2.75) is 38.3 Å². The number of likely N-dealkylation sites (N-methyl/N-ethyl adjacent to an activating group) is 1. The van der Waals surface area contributed by atoms with Gasteiger partial charge < -0.3 is 10.1 Å². The second-order valence-corrected chi connectivity index (χ2v) is 4.88. The predicted molar refractivity (Wildman–Crippen MR) is 73.7 cm³/mol.